The summed E-state index contributed by atoms with van der Waals surface area (Å²) < 4.78 is 0. The number of aliphatic hydroxyl groups is 1. The van der Waals surface area contributed by atoms with Gasteiger partial charge in [0, 0.05) is 11.6 Å². The molecule has 3 heteroatoms. The van der Waals surface area contributed by atoms with E-state index in [2.05, 4.69) is 24.1 Å². The Labute approximate surface area is 100 Å². The SMILES string of the molecule is CCCN(CCC)C1CCC(CO)(NC)C1. The number of nitrogens with zero attached hydrogens (tertiary/aromatic N) is 1. The zero-order valence-corrected chi connectivity index (χ0v) is 11.1. The van der Waals surface area contributed by atoms with Crippen molar-refractivity contribution in [2.75, 3.05) is 26.7 Å². The highest BCUT2D eigenvalue weighted by Crippen LogP contribution is 2.32. The van der Waals surface area contributed by atoms with Gasteiger partial charge in [0.1, 0.15) is 0 Å². The highest BCUT2D eigenvalue weighted by atomic mass is 16.3. The van der Waals surface area contributed by atoms with Gasteiger partial charge < -0.3 is 15.3 Å². The summed E-state index contributed by atoms with van der Waals surface area (Å²) in [6.45, 7) is 7.16. The van der Waals surface area contributed by atoms with Gasteiger partial charge in [-0.3, -0.25) is 0 Å². The number of rotatable bonds is 7. The zero-order chi connectivity index (χ0) is 12.0. The molecular weight excluding hydrogens is 200 g/mol. The van der Waals surface area contributed by atoms with E-state index >= 15 is 0 Å². The van der Waals surface area contributed by atoms with E-state index in [0.717, 1.165) is 12.8 Å². The van der Waals surface area contributed by atoms with Gasteiger partial charge in [-0.2, -0.15) is 0 Å². The Bertz CT molecular complexity index is 186. The van der Waals surface area contributed by atoms with E-state index in [1.54, 1.807) is 0 Å². The highest BCUT2D eigenvalue weighted by Gasteiger charge is 2.39. The molecule has 0 aromatic heterocycles. The van der Waals surface area contributed by atoms with Crippen LogP contribution in [-0.4, -0.2) is 48.3 Å². The number of nitrogens with one attached hydrogen (secondary N) is 1. The molecule has 2 N–H and O–H groups in total. The third-order valence-corrected chi connectivity index (χ3v) is 3.95. The van der Waals surface area contributed by atoms with Crippen molar-refractivity contribution in [3.63, 3.8) is 0 Å². The van der Waals surface area contributed by atoms with Crippen LogP contribution in [0, 0.1) is 0 Å². The molecule has 0 heterocycles. The van der Waals surface area contributed by atoms with E-state index in [9.17, 15) is 5.11 Å². The van der Waals surface area contributed by atoms with Crippen LogP contribution in [0.2, 0.25) is 0 Å². The molecule has 1 fully saturated rings. The molecule has 96 valence electrons. The predicted octanol–water partition coefficient (Wildman–Crippen LogP) is 1.61. The van der Waals surface area contributed by atoms with Crippen molar-refractivity contribution in [3.8, 4) is 0 Å². The fourth-order valence-corrected chi connectivity index (χ4v) is 2.91. The maximum atomic E-state index is 9.49. The summed E-state index contributed by atoms with van der Waals surface area (Å²) in [7, 11) is 1.97. The van der Waals surface area contributed by atoms with Crippen LogP contribution in [0.25, 0.3) is 0 Å². The number of hydrogen-bond donors (Lipinski definition) is 2. The maximum absolute atomic E-state index is 9.49. The molecule has 0 saturated heterocycles. The third-order valence-electron chi connectivity index (χ3n) is 3.95. The van der Waals surface area contributed by atoms with E-state index in [4.69, 9.17) is 0 Å². The molecule has 2 unspecified atom stereocenters. The molecule has 0 aromatic rings. The second-order valence-electron chi connectivity index (χ2n) is 5.12. The van der Waals surface area contributed by atoms with Gasteiger partial charge in [0.15, 0.2) is 0 Å². The molecule has 1 aliphatic rings. The Morgan fingerprint density at radius 2 is 1.94 bits per heavy atom. The molecule has 1 saturated carbocycles. The van der Waals surface area contributed by atoms with Crippen LogP contribution in [0.15, 0.2) is 0 Å². The minimum absolute atomic E-state index is 0.00952. The summed E-state index contributed by atoms with van der Waals surface area (Å²) in [6.07, 6.45) is 5.88. The summed E-state index contributed by atoms with van der Waals surface area (Å²) in [5.41, 5.74) is -0.00952. The molecule has 1 rings (SSSR count). The van der Waals surface area contributed by atoms with E-state index in [-0.39, 0.29) is 12.1 Å². The van der Waals surface area contributed by atoms with Crippen molar-refractivity contribution in [1.29, 1.82) is 0 Å². The molecule has 0 amide bonds. The molecule has 1 aliphatic carbocycles. The Kier molecular flexibility index (Phi) is 5.73. The van der Waals surface area contributed by atoms with Crippen LogP contribution in [0.3, 0.4) is 0 Å². The standard InChI is InChI=1S/C13H28N2O/c1-4-8-15(9-5-2)12-6-7-13(10-12,11-16)14-3/h12,14,16H,4-11H2,1-3H3. The molecule has 0 aliphatic heterocycles. The fourth-order valence-electron chi connectivity index (χ4n) is 2.91. The first-order valence-corrected chi connectivity index (χ1v) is 6.75. The first-order chi connectivity index (χ1) is 7.71. The van der Waals surface area contributed by atoms with Crippen molar-refractivity contribution in [3.05, 3.63) is 0 Å². The fraction of sp³-hybridized carbons (Fsp3) is 1.00. The van der Waals surface area contributed by atoms with Gasteiger partial charge in [0.25, 0.3) is 0 Å². The largest absolute Gasteiger partial charge is 0.394 e. The first-order valence-electron chi connectivity index (χ1n) is 6.75. The molecule has 0 bridgehead atoms. The molecular formula is C13H28N2O. The monoisotopic (exact) mass is 228 g/mol. The van der Waals surface area contributed by atoms with Crippen molar-refractivity contribution in [2.24, 2.45) is 0 Å². The highest BCUT2D eigenvalue weighted by molar-refractivity contribution is 4.98. The van der Waals surface area contributed by atoms with Crippen LogP contribution in [0.4, 0.5) is 0 Å². The third kappa shape index (κ3) is 3.19. The van der Waals surface area contributed by atoms with Crippen LogP contribution in [0.1, 0.15) is 46.0 Å². The van der Waals surface area contributed by atoms with Gasteiger partial charge in [-0.1, -0.05) is 13.8 Å². The lowest BCUT2D eigenvalue weighted by molar-refractivity contribution is 0.147. The smallest absolute Gasteiger partial charge is 0.0613 e. The number of likely N-dealkylation sites (N-methyl/N-ethyl adjacent to an activating group) is 1. The van der Waals surface area contributed by atoms with Crippen molar-refractivity contribution < 1.29 is 5.11 Å². The minimum atomic E-state index is -0.00952. The second-order valence-corrected chi connectivity index (χ2v) is 5.12. The van der Waals surface area contributed by atoms with Gasteiger partial charge in [0.2, 0.25) is 0 Å². The van der Waals surface area contributed by atoms with Gasteiger partial charge >= 0.3 is 0 Å². The molecule has 0 radical (unpaired) electrons. The van der Waals surface area contributed by atoms with Gasteiger partial charge in [-0.05, 0) is 52.2 Å². The molecule has 0 aromatic carbocycles. The predicted molar refractivity (Wildman–Crippen MR) is 68.7 cm³/mol. The summed E-state index contributed by atoms with van der Waals surface area (Å²) in [5.74, 6) is 0. The molecule has 3 nitrogen and oxygen atoms in total. The first kappa shape index (κ1) is 13.9. The summed E-state index contributed by atoms with van der Waals surface area (Å²) in [5, 5.41) is 12.8. The van der Waals surface area contributed by atoms with E-state index in [1.165, 1.54) is 32.4 Å². The lowest BCUT2D eigenvalue weighted by Gasteiger charge is -2.31. The van der Waals surface area contributed by atoms with Crippen LogP contribution >= 0.6 is 0 Å². The average molecular weight is 228 g/mol. The van der Waals surface area contributed by atoms with Crippen LogP contribution in [0.5, 0.6) is 0 Å². The maximum Gasteiger partial charge on any atom is 0.0613 e. The van der Waals surface area contributed by atoms with Crippen molar-refractivity contribution in [1.82, 2.24) is 10.2 Å². The Morgan fingerprint density at radius 1 is 1.31 bits per heavy atom. The number of hydrogen-bond acceptors (Lipinski definition) is 3. The van der Waals surface area contributed by atoms with E-state index in [0.29, 0.717) is 6.04 Å². The molecule has 16 heavy (non-hydrogen) atoms. The van der Waals surface area contributed by atoms with Crippen LogP contribution < -0.4 is 5.32 Å². The summed E-state index contributed by atoms with van der Waals surface area (Å²) in [6, 6.07) is 0.666. The quantitative estimate of drug-likeness (QED) is 0.695. The topological polar surface area (TPSA) is 35.5 Å². The lowest BCUT2D eigenvalue weighted by Crippen LogP contribution is -2.46. The Morgan fingerprint density at radius 3 is 2.31 bits per heavy atom. The van der Waals surface area contributed by atoms with Crippen molar-refractivity contribution >= 4 is 0 Å². The molecule has 0 spiro atoms. The molecule has 2 atom stereocenters. The van der Waals surface area contributed by atoms with Gasteiger partial charge in [-0.15, -0.1) is 0 Å². The van der Waals surface area contributed by atoms with Crippen molar-refractivity contribution in [2.45, 2.75) is 57.5 Å². The summed E-state index contributed by atoms with van der Waals surface area (Å²) >= 11 is 0. The Hall–Kier alpha value is -0.120. The average Bonchev–Trinajstić information content (AvgIpc) is 2.74. The van der Waals surface area contributed by atoms with Gasteiger partial charge in [0.05, 0.1) is 6.61 Å². The summed E-state index contributed by atoms with van der Waals surface area (Å²) in [4.78, 5) is 2.61. The van der Waals surface area contributed by atoms with Gasteiger partial charge in [-0.25, -0.2) is 0 Å². The second kappa shape index (κ2) is 6.58. The minimum Gasteiger partial charge on any atom is -0.394 e. The number of aliphatic hydroxyl groups excluding tert-OH is 1. The van der Waals surface area contributed by atoms with E-state index < -0.39 is 0 Å². The normalized spacial score (nSPS) is 30.2. The lowest BCUT2D eigenvalue weighted by atomic mass is 9.99. The van der Waals surface area contributed by atoms with Crippen LogP contribution in [-0.2, 0) is 0 Å². The van der Waals surface area contributed by atoms with E-state index in [1.807, 2.05) is 7.05 Å². The Balaban J connectivity index is 2.54. The zero-order valence-electron chi connectivity index (χ0n) is 11.1.